The van der Waals surface area contributed by atoms with Gasteiger partial charge in [0.15, 0.2) is 5.76 Å². The van der Waals surface area contributed by atoms with Gasteiger partial charge in [0.1, 0.15) is 5.76 Å². The number of aliphatic hydroxyl groups excluding tert-OH is 1. The van der Waals surface area contributed by atoms with E-state index in [-0.39, 0.29) is 18.7 Å². The van der Waals surface area contributed by atoms with E-state index >= 15 is 0 Å². The van der Waals surface area contributed by atoms with Gasteiger partial charge in [-0.15, -0.1) is 0 Å². The Bertz CT molecular complexity index is 670. The number of nitrogens with zero attached hydrogens (tertiary/aromatic N) is 3. The van der Waals surface area contributed by atoms with Crippen molar-refractivity contribution in [3.05, 3.63) is 41.7 Å². The van der Waals surface area contributed by atoms with Crippen LogP contribution in [0.15, 0.2) is 33.4 Å². The highest BCUT2D eigenvalue weighted by atomic mass is 16.5. The third-order valence-corrected chi connectivity index (χ3v) is 4.38. The lowest BCUT2D eigenvalue weighted by Gasteiger charge is -2.40. The number of carbonyl (C=O) groups excluding carboxylic acids is 1. The number of aromatic nitrogens is 1. The molecule has 0 aliphatic carbocycles. The maximum atomic E-state index is 12.4. The molecule has 3 heterocycles. The summed E-state index contributed by atoms with van der Waals surface area (Å²) < 4.78 is 10.5. The molecule has 8 nitrogen and oxygen atoms in total. The molecule has 2 N–H and O–H groups in total. The molecule has 1 aliphatic rings. The van der Waals surface area contributed by atoms with E-state index in [0.29, 0.717) is 38.4 Å². The highest BCUT2D eigenvalue weighted by Crippen LogP contribution is 2.17. The summed E-state index contributed by atoms with van der Waals surface area (Å²) in [5.74, 6) is 1.52. The first kappa shape index (κ1) is 17.5. The summed E-state index contributed by atoms with van der Waals surface area (Å²) >= 11 is 0. The number of piperazine rings is 1. The van der Waals surface area contributed by atoms with Gasteiger partial charge in [0, 0.05) is 38.3 Å². The van der Waals surface area contributed by atoms with Crippen LogP contribution in [-0.4, -0.2) is 58.4 Å². The van der Waals surface area contributed by atoms with Crippen LogP contribution in [0.4, 0.5) is 4.79 Å². The number of nitrogens with one attached hydrogen (secondary N) is 1. The average molecular weight is 348 g/mol. The fourth-order valence-corrected chi connectivity index (χ4v) is 3.09. The fraction of sp³-hybridized carbons (Fsp3) is 0.529. The maximum absolute atomic E-state index is 12.4. The minimum absolute atomic E-state index is 0.0894. The zero-order valence-electron chi connectivity index (χ0n) is 14.4. The molecule has 136 valence electrons. The Morgan fingerprint density at radius 2 is 2.32 bits per heavy atom. The number of furan rings is 1. The minimum Gasteiger partial charge on any atom is -0.468 e. The topological polar surface area (TPSA) is 95.0 Å². The van der Waals surface area contributed by atoms with Crippen molar-refractivity contribution in [2.75, 3.05) is 26.2 Å². The van der Waals surface area contributed by atoms with Gasteiger partial charge < -0.3 is 24.3 Å². The highest BCUT2D eigenvalue weighted by molar-refractivity contribution is 5.74. The Kier molecular flexibility index (Phi) is 5.72. The van der Waals surface area contributed by atoms with Crippen molar-refractivity contribution in [1.82, 2.24) is 20.3 Å². The Morgan fingerprint density at radius 3 is 3.00 bits per heavy atom. The van der Waals surface area contributed by atoms with Crippen molar-refractivity contribution >= 4 is 6.03 Å². The molecule has 0 radical (unpaired) electrons. The van der Waals surface area contributed by atoms with E-state index in [2.05, 4.69) is 15.4 Å². The van der Waals surface area contributed by atoms with Crippen molar-refractivity contribution in [3.63, 3.8) is 0 Å². The van der Waals surface area contributed by atoms with Crippen LogP contribution in [-0.2, 0) is 13.1 Å². The molecule has 8 heteroatoms. The van der Waals surface area contributed by atoms with Crippen molar-refractivity contribution in [3.8, 4) is 0 Å². The largest absolute Gasteiger partial charge is 0.468 e. The number of hydrogen-bond acceptors (Lipinski definition) is 6. The first-order valence-electron chi connectivity index (χ1n) is 8.48. The number of hydrogen-bond donors (Lipinski definition) is 2. The summed E-state index contributed by atoms with van der Waals surface area (Å²) in [6.07, 6.45) is 2.27. The lowest BCUT2D eigenvalue weighted by molar-refractivity contribution is 0.0633. The van der Waals surface area contributed by atoms with E-state index in [4.69, 9.17) is 8.94 Å². The smallest absolute Gasteiger partial charge is 0.317 e. The molecule has 1 aliphatic heterocycles. The fourth-order valence-electron chi connectivity index (χ4n) is 3.09. The molecule has 2 aromatic rings. The van der Waals surface area contributed by atoms with Gasteiger partial charge in [-0.1, -0.05) is 5.16 Å². The molecule has 2 aromatic heterocycles. The number of rotatable bonds is 6. The Hall–Kier alpha value is -2.32. The number of aliphatic hydroxyl groups is 1. The minimum atomic E-state index is -0.130. The lowest BCUT2D eigenvalue weighted by Crippen LogP contribution is -2.56. The van der Waals surface area contributed by atoms with Gasteiger partial charge >= 0.3 is 6.03 Å². The Balaban J connectivity index is 1.54. The van der Waals surface area contributed by atoms with Crippen molar-refractivity contribution in [1.29, 1.82) is 0 Å². The molecule has 0 aromatic carbocycles. The zero-order chi connectivity index (χ0) is 17.6. The van der Waals surface area contributed by atoms with E-state index < -0.39 is 0 Å². The molecular weight excluding hydrogens is 324 g/mol. The molecule has 1 atom stereocenters. The van der Waals surface area contributed by atoms with Crippen molar-refractivity contribution in [2.45, 2.75) is 32.5 Å². The third-order valence-electron chi connectivity index (χ3n) is 4.38. The summed E-state index contributed by atoms with van der Waals surface area (Å²) in [5, 5.41) is 16.0. The summed E-state index contributed by atoms with van der Waals surface area (Å²) in [6.45, 7) is 4.87. The van der Waals surface area contributed by atoms with Crippen LogP contribution in [0.3, 0.4) is 0 Å². The van der Waals surface area contributed by atoms with Crippen LogP contribution < -0.4 is 5.32 Å². The first-order chi connectivity index (χ1) is 12.2. The van der Waals surface area contributed by atoms with Gasteiger partial charge in [-0.3, -0.25) is 4.90 Å². The van der Waals surface area contributed by atoms with Crippen LogP contribution in [0.25, 0.3) is 0 Å². The Morgan fingerprint density at radius 1 is 1.44 bits per heavy atom. The number of amides is 2. The van der Waals surface area contributed by atoms with Gasteiger partial charge in [-0.25, -0.2) is 4.79 Å². The molecule has 3 rings (SSSR count). The van der Waals surface area contributed by atoms with Crippen LogP contribution in [0, 0.1) is 6.92 Å². The average Bonchev–Trinajstić information content (AvgIpc) is 3.26. The monoisotopic (exact) mass is 348 g/mol. The normalized spacial score (nSPS) is 18.5. The summed E-state index contributed by atoms with van der Waals surface area (Å²) in [6, 6.07) is 5.58. The zero-order valence-corrected chi connectivity index (χ0v) is 14.4. The van der Waals surface area contributed by atoms with E-state index in [1.54, 1.807) is 17.2 Å². The second-order valence-corrected chi connectivity index (χ2v) is 6.26. The quantitative estimate of drug-likeness (QED) is 0.818. The highest BCUT2D eigenvalue weighted by Gasteiger charge is 2.29. The Labute approximate surface area is 146 Å². The molecule has 1 saturated heterocycles. The summed E-state index contributed by atoms with van der Waals surface area (Å²) in [5.41, 5.74) is 0.791. The molecule has 2 amide bonds. The molecule has 1 fully saturated rings. The van der Waals surface area contributed by atoms with Crippen LogP contribution in [0.5, 0.6) is 0 Å². The summed E-state index contributed by atoms with van der Waals surface area (Å²) in [4.78, 5) is 16.4. The second kappa shape index (κ2) is 8.17. The first-order valence-corrected chi connectivity index (χ1v) is 8.48. The van der Waals surface area contributed by atoms with Crippen LogP contribution >= 0.6 is 0 Å². The van der Waals surface area contributed by atoms with Crippen LogP contribution in [0.1, 0.15) is 23.6 Å². The molecule has 0 unspecified atom stereocenters. The van der Waals surface area contributed by atoms with Gasteiger partial charge in [0.05, 0.1) is 25.0 Å². The predicted octanol–water partition coefficient (Wildman–Crippen LogP) is 1.35. The van der Waals surface area contributed by atoms with E-state index in [1.807, 2.05) is 19.1 Å². The molecule has 0 spiro atoms. The van der Waals surface area contributed by atoms with Gasteiger partial charge in [0.2, 0.25) is 0 Å². The number of aryl methyl sites for hydroxylation is 1. The SMILES string of the molecule is Cc1cc(CNC(=O)N2CCN(Cc3ccco3)[C@H](CCO)C2)on1. The van der Waals surface area contributed by atoms with Crippen LogP contribution in [0.2, 0.25) is 0 Å². The third kappa shape index (κ3) is 4.61. The van der Waals surface area contributed by atoms with Crippen molar-refractivity contribution in [2.24, 2.45) is 0 Å². The maximum Gasteiger partial charge on any atom is 0.317 e. The molecule has 0 saturated carbocycles. The van der Waals surface area contributed by atoms with Gasteiger partial charge in [-0.2, -0.15) is 0 Å². The number of carbonyl (C=O) groups is 1. The van der Waals surface area contributed by atoms with E-state index in [1.165, 1.54) is 0 Å². The standard InChI is InChI=1S/C17H24N4O4/c1-13-9-16(25-19-13)10-18-17(23)21-6-5-20(14(11-21)4-7-22)12-15-3-2-8-24-15/h2-3,8-9,14,22H,4-7,10-12H2,1H3,(H,18,23)/t14-/m1/s1. The van der Waals surface area contributed by atoms with Gasteiger partial charge in [-0.05, 0) is 25.5 Å². The predicted molar refractivity (Wildman–Crippen MR) is 89.7 cm³/mol. The second-order valence-electron chi connectivity index (χ2n) is 6.26. The lowest BCUT2D eigenvalue weighted by atomic mass is 10.1. The molecule has 0 bridgehead atoms. The summed E-state index contributed by atoms with van der Waals surface area (Å²) in [7, 11) is 0. The molecule has 25 heavy (non-hydrogen) atoms. The van der Waals surface area contributed by atoms with Gasteiger partial charge in [0.25, 0.3) is 0 Å². The molecular formula is C17H24N4O4. The van der Waals surface area contributed by atoms with E-state index in [0.717, 1.165) is 18.0 Å². The van der Waals surface area contributed by atoms with Crippen molar-refractivity contribution < 1.29 is 18.8 Å². The van der Waals surface area contributed by atoms with E-state index in [9.17, 15) is 9.90 Å². The number of urea groups is 1.